The minimum absolute atomic E-state index is 0.0781. The lowest BCUT2D eigenvalue weighted by molar-refractivity contribution is 0.0720. The quantitative estimate of drug-likeness (QED) is 0.303. The van der Waals surface area contributed by atoms with E-state index in [1.165, 1.54) is 0 Å². The van der Waals surface area contributed by atoms with Crippen LogP contribution in [0.5, 0.6) is 5.75 Å². The van der Waals surface area contributed by atoms with E-state index in [0.29, 0.717) is 30.0 Å². The van der Waals surface area contributed by atoms with Crippen molar-refractivity contribution in [1.82, 2.24) is 19.5 Å². The first kappa shape index (κ1) is 22.5. The van der Waals surface area contributed by atoms with Crippen molar-refractivity contribution in [1.29, 1.82) is 0 Å². The van der Waals surface area contributed by atoms with Crippen LogP contribution in [0.1, 0.15) is 23.2 Å². The Morgan fingerprint density at radius 3 is 2.58 bits per heavy atom. The molecule has 6 rings (SSSR count). The number of piperidine rings is 1. The highest BCUT2D eigenvalue weighted by atomic mass is 79.9. The van der Waals surface area contributed by atoms with Crippen molar-refractivity contribution in [2.75, 3.05) is 18.4 Å². The second-order valence-electron chi connectivity index (χ2n) is 9.01. The van der Waals surface area contributed by atoms with E-state index in [0.717, 1.165) is 39.5 Å². The van der Waals surface area contributed by atoms with Gasteiger partial charge in [0.25, 0.3) is 5.91 Å². The molecule has 0 unspecified atom stereocenters. The molecule has 0 spiro atoms. The molecule has 2 aromatic heterocycles. The largest absolute Gasteiger partial charge is 0.507 e. The first-order chi connectivity index (χ1) is 17.6. The Hall–Kier alpha value is -3.91. The number of phenolic OH excluding ortho intramolecular Hbond substituents is 1. The van der Waals surface area contributed by atoms with E-state index >= 15 is 0 Å². The highest BCUT2D eigenvalue weighted by molar-refractivity contribution is 9.10. The normalized spacial score (nSPS) is 14.4. The monoisotopic (exact) mass is 541 g/mol. The molecule has 2 N–H and O–H groups in total. The molecule has 0 saturated carbocycles. The van der Waals surface area contributed by atoms with Gasteiger partial charge in [-0.05, 0) is 57.7 Å². The van der Waals surface area contributed by atoms with Crippen molar-refractivity contribution in [3.8, 4) is 17.0 Å². The number of aromatic nitrogens is 3. The Morgan fingerprint density at radius 1 is 1.00 bits per heavy atom. The molecule has 180 valence electrons. The number of hydrogen-bond acceptors (Lipinski definition) is 5. The first-order valence-electron chi connectivity index (χ1n) is 11.9. The second-order valence-corrected chi connectivity index (χ2v) is 9.86. The lowest BCUT2D eigenvalue weighted by atomic mass is 10.0. The number of nitrogens with one attached hydrogen (secondary N) is 1. The molecule has 0 atom stereocenters. The summed E-state index contributed by atoms with van der Waals surface area (Å²) < 4.78 is 2.54. The fraction of sp³-hybridized carbons (Fsp3) is 0.179. The molecule has 5 aromatic rings. The number of anilines is 1. The summed E-state index contributed by atoms with van der Waals surface area (Å²) in [4.78, 5) is 20.0. The molecule has 0 bridgehead atoms. The van der Waals surface area contributed by atoms with Crippen LogP contribution in [0.25, 0.3) is 27.7 Å². The number of amides is 1. The lowest BCUT2D eigenvalue weighted by Crippen LogP contribution is -2.42. The van der Waals surface area contributed by atoms with E-state index in [4.69, 9.17) is 4.98 Å². The molecule has 1 aliphatic heterocycles. The van der Waals surface area contributed by atoms with Crippen LogP contribution in [-0.4, -0.2) is 49.6 Å². The van der Waals surface area contributed by atoms with Gasteiger partial charge in [0, 0.05) is 36.3 Å². The number of carbonyl (C=O) groups excluding carboxylic acids is 1. The average Bonchev–Trinajstić information content (AvgIpc) is 3.29. The molecule has 0 aliphatic carbocycles. The maximum absolute atomic E-state index is 13.3. The fourth-order valence-electron chi connectivity index (χ4n) is 4.89. The van der Waals surface area contributed by atoms with Crippen LogP contribution in [0.2, 0.25) is 0 Å². The summed E-state index contributed by atoms with van der Waals surface area (Å²) in [5, 5.41) is 20.5. The molecule has 36 heavy (non-hydrogen) atoms. The average molecular weight is 542 g/mol. The summed E-state index contributed by atoms with van der Waals surface area (Å²) in [7, 11) is 0. The van der Waals surface area contributed by atoms with Crippen LogP contribution >= 0.6 is 15.9 Å². The summed E-state index contributed by atoms with van der Waals surface area (Å²) in [5.74, 6) is 1.05. The molecule has 1 fully saturated rings. The third-order valence-corrected chi connectivity index (χ3v) is 7.32. The summed E-state index contributed by atoms with van der Waals surface area (Å²) >= 11 is 3.53. The van der Waals surface area contributed by atoms with Crippen LogP contribution in [0.4, 0.5) is 5.82 Å². The zero-order valence-electron chi connectivity index (χ0n) is 19.4. The van der Waals surface area contributed by atoms with Gasteiger partial charge < -0.3 is 15.3 Å². The van der Waals surface area contributed by atoms with E-state index < -0.39 is 0 Å². The van der Waals surface area contributed by atoms with Gasteiger partial charge in [-0.25, -0.2) is 4.98 Å². The van der Waals surface area contributed by atoms with Crippen LogP contribution in [0, 0.1) is 0 Å². The Kier molecular flexibility index (Phi) is 5.81. The number of para-hydroxylation sites is 1. The Morgan fingerprint density at radius 2 is 1.75 bits per heavy atom. The third kappa shape index (κ3) is 4.07. The summed E-state index contributed by atoms with van der Waals surface area (Å²) in [6.45, 7) is 1.34. The third-order valence-electron chi connectivity index (χ3n) is 6.76. The number of fused-ring (bicyclic) bond motifs is 2. The van der Waals surface area contributed by atoms with Crippen LogP contribution in [-0.2, 0) is 0 Å². The number of benzene rings is 3. The number of phenols is 1. The Bertz CT molecular complexity index is 1580. The van der Waals surface area contributed by atoms with Gasteiger partial charge in [0.2, 0.25) is 0 Å². The van der Waals surface area contributed by atoms with Crippen LogP contribution < -0.4 is 5.32 Å². The van der Waals surface area contributed by atoms with Crippen molar-refractivity contribution in [2.24, 2.45) is 0 Å². The molecular formula is C28H24BrN5O2. The smallest absolute Gasteiger partial charge is 0.254 e. The van der Waals surface area contributed by atoms with Gasteiger partial charge in [-0.3, -0.25) is 4.79 Å². The Labute approximate surface area is 216 Å². The molecule has 0 radical (unpaired) electrons. The zero-order chi connectivity index (χ0) is 24.6. The maximum atomic E-state index is 13.3. The number of likely N-dealkylation sites (tertiary alicyclic amines) is 1. The van der Waals surface area contributed by atoms with E-state index in [2.05, 4.69) is 26.3 Å². The number of hydrogen-bond donors (Lipinski definition) is 2. The van der Waals surface area contributed by atoms with Gasteiger partial charge in [-0.15, -0.1) is 0 Å². The molecule has 8 heteroatoms. The SMILES string of the molecule is O=C(c1cccc2ccccc12)N1CCC(Nc2cc(-c3ccccc3O)nc3c(Br)cnn23)CC1. The zero-order valence-corrected chi connectivity index (χ0v) is 21.0. The second kappa shape index (κ2) is 9.28. The van der Waals surface area contributed by atoms with Gasteiger partial charge in [0.1, 0.15) is 11.6 Å². The fourth-order valence-corrected chi connectivity index (χ4v) is 5.23. The van der Waals surface area contributed by atoms with Crippen molar-refractivity contribution >= 4 is 44.1 Å². The highest BCUT2D eigenvalue weighted by Crippen LogP contribution is 2.32. The number of halogens is 1. The predicted molar refractivity (Wildman–Crippen MR) is 144 cm³/mol. The summed E-state index contributed by atoms with van der Waals surface area (Å²) in [6, 6.07) is 23.2. The molecule has 1 amide bonds. The molecule has 3 aromatic carbocycles. The van der Waals surface area contributed by atoms with Crippen molar-refractivity contribution < 1.29 is 9.90 Å². The van der Waals surface area contributed by atoms with Crippen molar-refractivity contribution in [3.05, 3.63) is 89.0 Å². The van der Waals surface area contributed by atoms with Crippen LogP contribution in [0.15, 0.2) is 83.5 Å². The first-order valence-corrected chi connectivity index (χ1v) is 12.7. The molecule has 1 aliphatic rings. The van der Waals surface area contributed by atoms with Crippen LogP contribution in [0.3, 0.4) is 0 Å². The van der Waals surface area contributed by atoms with Crippen molar-refractivity contribution in [2.45, 2.75) is 18.9 Å². The summed E-state index contributed by atoms with van der Waals surface area (Å²) in [6.07, 6.45) is 3.34. The summed E-state index contributed by atoms with van der Waals surface area (Å²) in [5.41, 5.74) is 2.74. The molecule has 3 heterocycles. The minimum atomic E-state index is 0.0781. The van der Waals surface area contributed by atoms with Gasteiger partial charge in [-0.1, -0.05) is 48.5 Å². The lowest BCUT2D eigenvalue weighted by Gasteiger charge is -2.33. The van der Waals surface area contributed by atoms with Crippen molar-refractivity contribution in [3.63, 3.8) is 0 Å². The number of nitrogens with zero attached hydrogens (tertiary/aromatic N) is 4. The molecular weight excluding hydrogens is 518 g/mol. The van der Waals surface area contributed by atoms with E-state index in [9.17, 15) is 9.90 Å². The Balaban J connectivity index is 1.22. The topological polar surface area (TPSA) is 82.8 Å². The number of carbonyl (C=O) groups is 1. The molecule has 7 nitrogen and oxygen atoms in total. The number of rotatable bonds is 4. The van der Waals surface area contributed by atoms with Gasteiger partial charge in [0.05, 0.1) is 16.4 Å². The number of aromatic hydroxyl groups is 1. The maximum Gasteiger partial charge on any atom is 0.254 e. The van der Waals surface area contributed by atoms with E-state index in [1.54, 1.807) is 22.8 Å². The van der Waals surface area contributed by atoms with E-state index in [1.807, 2.05) is 65.6 Å². The van der Waals surface area contributed by atoms with Gasteiger partial charge in [-0.2, -0.15) is 9.61 Å². The minimum Gasteiger partial charge on any atom is -0.507 e. The van der Waals surface area contributed by atoms with Gasteiger partial charge >= 0.3 is 0 Å². The van der Waals surface area contributed by atoms with Gasteiger partial charge in [0.15, 0.2) is 5.65 Å². The van der Waals surface area contributed by atoms with E-state index in [-0.39, 0.29) is 17.7 Å². The highest BCUT2D eigenvalue weighted by Gasteiger charge is 2.25. The predicted octanol–water partition coefficient (Wildman–Crippen LogP) is 5.73. The standard InChI is InChI=1S/C28H24BrN5O2/c29-23-17-30-34-26(16-24(32-27(23)34)22-9-3-4-11-25(22)35)31-19-12-14-33(15-13-19)28(36)21-10-5-7-18-6-1-2-8-20(18)21/h1-11,16-17,19,31,35H,12-15H2. The molecule has 1 saturated heterocycles.